The van der Waals surface area contributed by atoms with Gasteiger partial charge in [0.05, 0.1) is 21.0 Å². The Balaban J connectivity index is 2.24. The van der Waals surface area contributed by atoms with Crippen LogP contribution in [-0.4, -0.2) is 4.21 Å². The summed E-state index contributed by atoms with van der Waals surface area (Å²) in [4.78, 5) is 0.395. The number of halogens is 3. The standard InChI is InChI=1S/C13H9BrF2OS/c14-13-9(3-1-6-12(13)16)8-18(17)11-5-2-4-10(15)7-11/h1-7H,8H2. The van der Waals surface area contributed by atoms with Crippen LogP contribution in [0, 0.1) is 11.6 Å². The van der Waals surface area contributed by atoms with Crippen LogP contribution in [0.3, 0.4) is 0 Å². The second kappa shape index (κ2) is 5.71. The van der Waals surface area contributed by atoms with Crippen LogP contribution in [-0.2, 0) is 16.6 Å². The SMILES string of the molecule is O=S(Cc1cccc(F)c1Br)c1cccc(F)c1. The highest BCUT2D eigenvalue weighted by atomic mass is 79.9. The van der Waals surface area contributed by atoms with E-state index in [2.05, 4.69) is 15.9 Å². The smallest absolute Gasteiger partial charge is 0.137 e. The molecule has 2 aromatic carbocycles. The molecule has 18 heavy (non-hydrogen) atoms. The summed E-state index contributed by atoms with van der Waals surface area (Å²) in [7, 11) is -1.40. The Kier molecular flexibility index (Phi) is 4.24. The molecule has 1 nitrogen and oxygen atoms in total. The Bertz CT molecular complexity index is 601. The molecular weight excluding hydrogens is 322 g/mol. The highest BCUT2D eigenvalue weighted by Gasteiger charge is 2.10. The lowest BCUT2D eigenvalue weighted by atomic mass is 10.2. The lowest BCUT2D eigenvalue weighted by Crippen LogP contribution is -1.98. The highest BCUT2D eigenvalue weighted by Crippen LogP contribution is 2.23. The third kappa shape index (κ3) is 3.03. The predicted molar refractivity (Wildman–Crippen MR) is 70.6 cm³/mol. The Morgan fingerprint density at radius 2 is 1.83 bits per heavy atom. The van der Waals surface area contributed by atoms with Crippen molar-refractivity contribution in [3.8, 4) is 0 Å². The van der Waals surface area contributed by atoms with E-state index in [0.717, 1.165) is 0 Å². The minimum Gasteiger partial charge on any atom is -0.254 e. The summed E-state index contributed by atoms with van der Waals surface area (Å²) >= 11 is 3.11. The second-order valence-electron chi connectivity index (χ2n) is 3.66. The average Bonchev–Trinajstić information content (AvgIpc) is 2.35. The molecule has 0 aliphatic heterocycles. The molecule has 0 saturated heterocycles. The normalized spacial score (nSPS) is 12.4. The van der Waals surface area contributed by atoms with E-state index in [-0.39, 0.29) is 5.75 Å². The largest absolute Gasteiger partial charge is 0.254 e. The fourth-order valence-electron chi connectivity index (χ4n) is 1.49. The van der Waals surface area contributed by atoms with E-state index in [1.54, 1.807) is 18.2 Å². The molecule has 5 heteroatoms. The van der Waals surface area contributed by atoms with E-state index in [9.17, 15) is 13.0 Å². The molecule has 94 valence electrons. The zero-order chi connectivity index (χ0) is 13.1. The third-order valence-corrected chi connectivity index (χ3v) is 4.62. The van der Waals surface area contributed by atoms with Crippen LogP contribution in [0.15, 0.2) is 51.8 Å². The first kappa shape index (κ1) is 13.4. The molecule has 2 rings (SSSR count). The van der Waals surface area contributed by atoms with Crippen molar-refractivity contribution in [1.29, 1.82) is 0 Å². The van der Waals surface area contributed by atoms with Gasteiger partial charge in [-0.3, -0.25) is 4.21 Å². The fraction of sp³-hybridized carbons (Fsp3) is 0.0769. The summed E-state index contributed by atoms with van der Waals surface area (Å²) in [5.74, 6) is -0.690. The van der Waals surface area contributed by atoms with Crippen molar-refractivity contribution >= 4 is 26.7 Å². The molecule has 0 N–H and O–H groups in total. The lowest BCUT2D eigenvalue weighted by Gasteiger charge is -2.05. The van der Waals surface area contributed by atoms with Crippen LogP contribution in [0.4, 0.5) is 8.78 Å². The zero-order valence-electron chi connectivity index (χ0n) is 9.20. The first-order valence-electron chi connectivity index (χ1n) is 5.15. The molecule has 0 spiro atoms. The molecule has 1 atom stereocenters. The van der Waals surface area contributed by atoms with Crippen LogP contribution in [0.2, 0.25) is 0 Å². The fourth-order valence-corrected chi connectivity index (χ4v) is 3.25. The van der Waals surface area contributed by atoms with Crippen LogP contribution in [0.5, 0.6) is 0 Å². The lowest BCUT2D eigenvalue weighted by molar-refractivity contribution is 0.618. The van der Waals surface area contributed by atoms with Gasteiger partial charge in [-0.05, 0) is 45.8 Å². The number of rotatable bonds is 3. The predicted octanol–water partition coefficient (Wildman–Crippen LogP) is 4.04. The molecule has 2 aromatic rings. The average molecular weight is 331 g/mol. The van der Waals surface area contributed by atoms with Gasteiger partial charge in [0.2, 0.25) is 0 Å². The monoisotopic (exact) mass is 330 g/mol. The van der Waals surface area contributed by atoms with Gasteiger partial charge in [-0.15, -0.1) is 0 Å². The molecule has 0 aliphatic carbocycles. The van der Waals surface area contributed by atoms with Crippen molar-refractivity contribution in [2.75, 3.05) is 0 Å². The van der Waals surface area contributed by atoms with Crippen LogP contribution >= 0.6 is 15.9 Å². The first-order valence-corrected chi connectivity index (χ1v) is 7.26. The molecule has 0 aliphatic rings. The van der Waals surface area contributed by atoms with E-state index in [1.165, 1.54) is 24.3 Å². The summed E-state index contributed by atoms with van der Waals surface area (Å²) < 4.78 is 38.6. The first-order chi connectivity index (χ1) is 8.58. The van der Waals surface area contributed by atoms with Gasteiger partial charge in [-0.2, -0.15) is 0 Å². The van der Waals surface area contributed by atoms with E-state index in [0.29, 0.717) is 14.9 Å². The van der Waals surface area contributed by atoms with E-state index in [1.807, 2.05) is 0 Å². The molecule has 0 saturated carbocycles. The maximum atomic E-state index is 13.3. The quantitative estimate of drug-likeness (QED) is 0.830. The molecule has 0 heterocycles. The Morgan fingerprint density at radius 3 is 2.56 bits per heavy atom. The maximum absolute atomic E-state index is 13.3. The van der Waals surface area contributed by atoms with Gasteiger partial charge in [0.25, 0.3) is 0 Å². The third-order valence-electron chi connectivity index (χ3n) is 2.38. The Labute approximate surface area is 114 Å². The van der Waals surface area contributed by atoms with Gasteiger partial charge < -0.3 is 0 Å². The maximum Gasteiger partial charge on any atom is 0.137 e. The van der Waals surface area contributed by atoms with Crippen molar-refractivity contribution in [1.82, 2.24) is 0 Å². The summed E-state index contributed by atoms with van der Waals surface area (Å²) in [6, 6.07) is 10.2. The van der Waals surface area contributed by atoms with Gasteiger partial charge in [-0.25, -0.2) is 8.78 Å². The van der Waals surface area contributed by atoms with E-state index >= 15 is 0 Å². The molecular formula is C13H9BrF2OS. The Hall–Kier alpha value is -1.07. The summed E-state index contributed by atoms with van der Waals surface area (Å²) in [6.07, 6.45) is 0. The van der Waals surface area contributed by atoms with Gasteiger partial charge in [-0.1, -0.05) is 18.2 Å². The molecule has 1 unspecified atom stereocenters. The minimum atomic E-state index is -1.40. The van der Waals surface area contributed by atoms with Crippen molar-refractivity contribution in [2.45, 2.75) is 10.6 Å². The summed E-state index contributed by atoms with van der Waals surface area (Å²) in [5, 5.41) is 0. The molecule has 0 amide bonds. The Morgan fingerprint density at radius 1 is 1.11 bits per heavy atom. The van der Waals surface area contributed by atoms with Crippen molar-refractivity contribution < 1.29 is 13.0 Å². The molecule has 0 aromatic heterocycles. The zero-order valence-corrected chi connectivity index (χ0v) is 11.6. The highest BCUT2D eigenvalue weighted by molar-refractivity contribution is 9.10. The minimum absolute atomic E-state index is 0.141. The van der Waals surface area contributed by atoms with Gasteiger partial charge in [0.15, 0.2) is 0 Å². The van der Waals surface area contributed by atoms with E-state index < -0.39 is 22.4 Å². The molecule has 0 fully saturated rings. The van der Waals surface area contributed by atoms with Crippen molar-refractivity contribution in [3.63, 3.8) is 0 Å². The van der Waals surface area contributed by atoms with Crippen LogP contribution in [0.1, 0.15) is 5.56 Å². The molecule has 0 bridgehead atoms. The summed E-state index contributed by atoms with van der Waals surface area (Å²) in [5.41, 5.74) is 0.595. The van der Waals surface area contributed by atoms with Gasteiger partial charge >= 0.3 is 0 Å². The number of hydrogen-bond donors (Lipinski definition) is 0. The number of hydrogen-bond acceptors (Lipinski definition) is 1. The molecule has 0 radical (unpaired) electrons. The van der Waals surface area contributed by atoms with Gasteiger partial charge in [0.1, 0.15) is 11.6 Å². The van der Waals surface area contributed by atoms with Gasteiger partial charge in [0, 0.05) is 4.90 Å². The van der Waals surface area contributed by atoms with Crippen LogP contribution in [0.25, 0.3) is 0 Å². The topological polar surface area (TPSA) is 17.1 Å². The summed E-state index contributed by atoms with van der Waals surface area (Å²) in [6.45, 7) is 0. The van der Waals surface area contributed by atoms with Crippen molar-refractivity contribution in [2.24, 2.45) is 0 Å². The second-order valence-corrected chi connectivity index (χ2v) is 5.90. The van der Waals surface area contributed by atoms with E-state index in [4.69, 9.17) is 0 Å². The van der Waals surface area contributed by atoms with Crippen LogP contribution < -0.4 is 0 Å². The van der Waals surface area contributed by atoms with Crippen molar-refractivity contribution in [3.05, 3.63) is 64.1 Å². The number of benzene rings is 2.